The van der Waals surface area contributed by atoms with Crippen LogP contribution < -0.4 is 15.6 Å². The predicted molar refractivity (Wildman–Crippen MR) is 116 cm³/mol. The van der Waals surface area contributed by atoms with Crippen LogP contribution >= 0.6 is 0 Å². The minimum Gasteiger partial charge on any atom is -0.497 e. The maximum absolute atomic E-state index is 13.0. The van der Waals surface area contributed by atoms with Crippen LogP contribution in [0.5, 0.6) is 5.75 Å². The first-order valence-electron chi connectivity index (χ1n) is 9.46. The Labute approximate surface area is 174 Å². The molecule has 0 aliphatic heterocycles. The van der Waals surface area contributed by atoms with Gasteiger partial charge in [0.15, 0.2) is 0 Å². The second-order valence-corrected chi connectivity index (χ2v) is 6.85. The summed E-state index contributed by atoms with van der Waals surface area (Å²) in [5.41, 5.74) is 9.96. The molecule has 0 atom stereocenters. The van der Waals surface area contributed by atoms with E-state index in [-0.39, 0.29) is 5.91 Å². The Hall–Kier alpha value is -4.00. The lowest BCUT2D eigenvalue weighted by molar-refractivity contribution is 0.0964. The normalized spacial score (nSPS) is 10.6. The molecule has 0 spiro atoms. The fraction of sp³-hybridized carbons (Fsp3) is 0.130. The number of pyridine rings is 1. The van der Waals surface area contributed by atoms with E-state index in [2.05, 4.69) is 20.8 Å². The maximum Gasteiger partial charge on any atom is 0.270 e. The molecule has 2 N–H and O–H groups in total. The highest BCUT2D eigenvalue weighted by molar-refractivity contribution is 6.07. The Bertz CT molecular complexity index is 1200. The molecule has 0 aliphatic rings. The number of nitrogens with one attached hydrogen (secondary N) is 2. The van der Waals surface area contributed by atoms with Crippen molar-refractivity contribution in [2.24, 2.45) is 0 Å². The minimum absolute atomic E-state index is 0.300. The Balaban J connectivity index is 1.68. The molecule has 0 radical (unpaired) electrons. The third kappa shape index (κ3) is 4.05. The van der Waals surface area contributed by atoms with Gasteiger partial charge in [-0.2, -0.15) is 0 Å². The van der Waals surface area contributed by atoms with Crippen molar-refractivity contribution >= 4 is 22.8 Å². The molecule has 30 heavy (non-hydrogen) atoms. The summed E-state index contributed by atoms with van der Waals surface area (Å²) >= 11 is 0. The van der Waals surface area contributed by atoms with Gasteiger partial charge in [0.05, 0.1) is 23.9 Å². The fourth-order valence-corrected chi connectivity index (χ4v) is 3.23. The van der Waals surface area contributed by atoms with Crippen LogP contribution in [0.4, 0.5) is 5.95 Å². The van der Waals surface area contributed by atoms with Crippen LogP contribution in [0.2, 0.25) is 0 Å². The summed E-state index contributed by atoms with van der Waals surface area (Å²) in [4.78, 5) is 26.3. The van der Waals surface area contributed by atoms with Crippen LogP contribution in [-0.2, 0) is 0 Å². The molecule has 2 heterocycles. The van der Waals surface area contributed by atoms with E-state index < -0.39 is 0 Å². The largest absolute Gasteiger partial charge is 0.497 e. The standard InChI is InChI=1S/C23H21N5O2/c1-14-12-15(2)25-23(24-14)28-27-22(29)19-13-21(16-8-10-17(30-3)11-9-16)26-20-7-5-4-6-18(19)20/h4-13H,1-3H3,(H,27,29)(H,24,25,28). The number of hydrogen-bond donors (Lipinski definition) is 2. The van der Waals surface area contributed by atoms with Crippen molar-refractivity contribution in [2.75, 3.05) is 12.5 Å². The van der Waals surface area contributed by atoms with Gasteiger partial charge in [-0.15, -0.1) is 0 Å². The topological polar surface area (TPSA) is 89.0 Å². The summed E-state index contributed by atoms with van der Waals surface area (Å²) in [5, 5.41) is 0.760. The van der Waals surface area contributed by atoms with E-state index >= 15 is 0 Å². The molecule has 7 nitrogen and oxygen atoms in total. The van der Waals surface area contributed by atoms with Crippen LogP contribution in [-0.4, -0.2) is 28.0 Å². The van der Waals surface area contributed by atoms with Crippen LogP contribution in [0.25, 0.3) is 22.2 Å². The van der Waals surface area contributed by atoms with E-state index in [1.807, 2.05) is 68.4 Å². The van der Waals surface area contributed by atoms with Crippen molar-refractivity contribution in [3.05, 3.63) is 77.6 Å². The number of aryl methyl sites for hydroxylation is 2. The number of fused-ring (bicyclic) bond motifs is 1. The Morgan fingerprint density at radius 1 is 0.900 bits per heavy atom. The molecule has 1 amide bonds. The lowest BCUT2D eigenvalue weighted by atomic mass is 10.0. The van der Waals surface area contributed by atoms with Crippen molar-refractivity contribution < 1.29 is 9.53 Å². The zero-order chi connectivity index (χ0) is 21.1. The second-order valence-electron chi connectivity index (χ2n) is 6.85. The highest BCUT2D eigenvalue weighted by atomic mass is 16.5. The predicted octanol–water partition coefficient (Wildman–Crippen LogP) is 4.07. The molecule has 4 aromatic rings. The third-order valence-corrected chi connectivity index (χ3v) is 4.62. The molecule has 0 aliphatic carbocycles. The highest BCUT2D eigenvalue weighted by Gasteiger charge is 2.14. The zero-order valence-electron chi connectivity index (χ0n) is 16.9. The molecule has 150 valence electrons. The fourth-order valence-electron chi connectivity index (χ4n) is 3.23. The minimum atomic E-state index is -0.300. The molecule has 0 unspecified atom stereocenters. The quantitative estimate of drug-likeness (QED) is 0.492. The monoisotopic (exact) mass is 399 g/mol. The highest BCUT2D eigenvalue weighted by Crippen LogP contribution is 2.26. The van der Waals surface area contributed by atoms with Crippen LogP contribution in [0.1, 0.15) is 21.7 Å². The summed E-state index contributed by atoms with van der Waals surface area (Å²) in [6, 6.07) is 18.8. The van der Waals surface area contributed by atoms with E-state index in [1.54, 1.807) is 13.2 Å². The third-order valence-electron chi connectivity index (χ3n) is 4.62. The van der Waals surface area contributed by atoms with Gasteiger partial charge in [0, 0.05) is 22.3 Å². The molecule has 0 fully saturated rings. The average Bonchev–Trinajstić information content (AvgIpc) is 2.76. The summed E-state index contributed by atoms with van der Waals surface area (Å²) in [6.07, 6.45) is 0. The summed E-state index contributed by atoms with van der Waals surface area (Å²) in [7, 11) is 1.62. The summed E-state index contributed by atoms with van der Waals surface area (Å²) < 4.78 is 5.22. The molecular formula is C23H21N5O2. The number of hydrogen-bond acceptors (Lipinski definition) is 6. The van der Waals surface area contributed by atoms with Gasteiger partial charge in [0.2, 0.25) is 5.95 Å². The summed E-state index contributed by atoms with van der Waals surface area (Å²) in [6.45, 7) is 3.75. The van der Waals surface area contributed by atoms with Crippen molar-refractivity contribution in [1.82, 2.24) is 20.4 Å². The number of ether oxygens (including phenoxy) is 1. The van der Waals surface area contributed by atoms with E-state index in [9.17, 15) is 4.79 Å². The number of nitrogens with zero attached hydrogens (tertiary/aromatic N) is 3. The maximum atomic E-state index is 13.0. The van der Waals surface area contributed by atoms with Crippen LogP contribution in [0, 0.1) is 13.8 Å². The Kier molecular flexibility index (Phi) is 5.26. The number of benzene rings is 2. The molecule has 2 aromatic heterocycles. The van der Waals surface area contributed by atoms with E-state index in [0.717, 1.165) is 33.6 Å². The molecule has 4 rings (SSSR count). The van der Waals surface area contributed by atoms with Gasteiger partial charge >= 0.3 is 0 Å². The Morgan fingerprint density at radius 2 is 1.60 bits per heavy atom. The number of carbonyl (C=O) groups excluding carboxylic acids is 1. The number of para-hydroxylation sites is 1. The molecule has 0 bridgehead atoms. The number of hydrazine groups is 1. The first-order chi connectivity index (χ1) is 14.5. The number of aromatic nitrogens is 3. The van der Waals surface area contributed by atoms with Gasteiger partial charge in [0.1, 0.15) is 5.75 Å². The van der Waals surface area contributed by atoms with Crippen LogP contribution in [0.15, 0.2) is 60.7 Å². The molecule has 0 saturated carbocycles. The number of anilines is 1. The second kappa shape index (κ2) is 8.16. The number of carbonyl (C=O) groups is 1. The molecule has 0 saturated heterocycles. The van der Waals surface area contributed by atoms with Crippen LogP contribution in [0.3, 0.4) is 0 Å². The average molecular weight is 399 g/mol. The summed E-state index contributed by atoms with van der Waals surface area (Å²) in [5.74, 6) is 0.802. The lowest BCUT2D eigenvalue weighted by Gasteiger charge is -2.12. The van der Waals surface area contributed by atoms with Gasteiger partial charge in [-0.25, -0.2) is 15.0 Å². The molecule has 7 heteroatoms. The Morgan fingerprint density at radius 3 is 2.30 bits per heavy atom. The zero-order valence-corrected chi connectivity index (χ0v) is 16.9. The van der Waals surface area contributed by atoms with E-state index in [0.29, 0.717) is 17.2 Å². The molecular weight excluding hydrogens is 378 g/mol. The SMILES string of the molecule is COc1ccc(-c2cc(C(=O)NNc3nc(C)cc(C)n3)c3ccccc3n2)cc1. The number of methoxy groups -OCH3 is 1. The number of rotatable bonds is 5. The molecule has 2 aromatic carbocycles. The van der Waals surface area contributed by atoms with E-state index in [1.165, 1.54) is 0 Å². The van der Waals surface area contributed by atoms with Gasteiger partial charge in [0.25, 0.3) is 5.91 Å². The first kappa shape index (κ1) is 19.3. The van der Waals surface area contributed by atoms with Crippen molar-refractivity contribution in [1.29, 1.82) is 0 Å². The van der Waals surface area contributed by atoms with Gasteiger partial charge in [-0.1, -0.05) is 18.2 Å². The first-order valence-corrected chi connectivity index (χ1v) is 9.46. The van der Waals surface area contributed by atoms with Crippen molar-refractivity contribution in [3.63, 3.8) is 0 Å². The van der Waals surface area contributed by atoms with Gasteiger partial charge in [-0.05, 0) is 56.3 Å². The van der Waals surface area contributed by atoms with Gasteiger partial charge in [-0.3, -0.25) is 15.6 Å². The van der Waals surface area contributed by atoms with Crippen molar-refractivity contribution in [2.45, 2.75) is 13.8 Å². The van der Waals surface area contributed by atoms with E-state index in [4.69, 9.17) is 9.72 Å². The van der Waals surface area contributed by atoms with Gasteiger partial charge < -0.3 is 4.74 Å². The lowest BCUT2D eigenvalue weighted by Crippen LogP contribution is -2.30. The van der Waals surface area contributed by atoms with Crippen molar-refractivity contribution in [3.8, 4) is 17.0 Å². The smallest absolute Gasteiger partial charge is 0.270 e. The number of amides is 1.